The maximum absolute atomic E-state index is 13.2. The number of pyridine rings is 1. The van der Waals surface area contributed by atoms with Crippen LogP contribution in [0.25, 0.3) is 11.3 Å². The van der Waals surface area contributed by atoms with Crippen LogP contribution >= 0.6 is 0 Å². The summed E-state index contributed by atoms with van der Waals surface area (Å²) in [5, 5.41) is 5.22. The molecule has 10 heteroatoms. The molecule has 0 bridgehead atoms. The number of carbonyl (C=O) groups excluding carboxylic acids is 1. The number of anilines is 2. The van der Waals surface area contributed by atoms with Crippen LogP contribution in [0.2, 0.25) is 0 Å². The second kappa shape index (κ2) is 9.21. The largest absolute Gasteiger partial charge is 0.468 e. The van der Waals surface area contributed by atoms with Gasteiger partial charge in [0.1, 0.15) is 17.9 Å². The number of aromatic nitrogens is 3. The van der Waals surface area contributed by atoms with E-state index in [9.17, 15) is 18.0 Å². The summed E-state index contributed by atoms with van der Waals surface area (Å²) < 4.78 is 43.9. The summed E-state index contributed by atoms with van der Waals surface area (Å²) in [6, 6.07) is 13.2. The van der Waals surface area contributed by atoms with Gasteiger partial charge in [0, 0.05) is 24.5 Å². The number of benzene rings is 1. The van der Waals surface area contributed by atoms with Gasteiger partial charge in [-0.1, -0.05) is 30.3 Å². The molecule has 7 nitrogen and oxygen atoms in total. The number of carbonyl (C=O) groups is 1. The van der Waals surface area contributed by atoms with Crippen LogP contribution in [-0.4, -0.2) is 34.6 Å². The number of esters is 1. The van der Waals surface area contributed by atoms with Crippen LogP contribution in [0.4, 0.5) is 24.9 Å². The molecule has 3 rings (SSSR count). The molecule has 3 aromatic rings. The fourth-order valence-corrected chi connectivity index (χ4v) is 2.55. The Balaban J connectivity index is 1.70. The highest BCUT2D eigenvalue weighted by molar-refractivity contribution is 5.74. The third kappa shape index (κ3) is 5.43. The molecule has 0 radical (unpaired) electrons. The molecule has 0 aliphatic heterocycles. The summed E-state index contributed by atoms with van der Waals surface area (Å²) in [5.41, 5.74) is 1.59. The third-order valence-corrected chi connectivity index (χ3v) is 4.09. The van der Waals surface area contributed by atoms with Crippen LogP contribution in [-0.2, 0) is 22.3 Å². The van der Waals surface area contributed by atoms with Gasteiger partial charge in [-0.15, -0.1) is 0 Å². The summed E-state index contributed by atoms with van der Waals surface area (Å²) in [5.74, 6) is -1.23. The monoisotopic (exact) mass is 417 g/mol. The van der Waals surface area contributed by atoms with E-state index in [0.29, 0.717) is 12.7 Å². The Bertz CT molecular complexity index is 996. The summed E-state index contributed by atoms with van der Waals surface area (Å²) in [6.07, 6.45) is -2.30. The minimum Gasteiger partial charge on any atom is -0.468 e. The van der Waals surface area contributed by atoms with Gasteiger partial charge >= 0.3 is 12.1 Å². The molecule has 1 aromatic carbocycles. The lowest BCUT2D eigenvalue weighted by Gasteiger charge is -2.14. The van der Waals surface area contributed by atoms with Gasteiger partial charge in [0.05, 0.1) is 12.8 Å². The van der Waals surface area contributed by atoms with Crippen molar-refractivity contribution in [3.05, 3.63) is 66.0 Å². The highest BCUT2D eigenvalue weighted by Crippen LogP contribution is 2.33. The Morgan fingerprint density at radius 3 is 2.47 bits per heavy atom. The lowest BCUT2D eigenvalue weighted by molar-refractivity contribution is -0.139. The zero-order valence-corrected chi connectivity index (χ0v) is 15.9. The van der Waals surface area contributed by atoms with Crippen LogP contribution in [0.1, 0.15) is 11.1 Å². The molecule has 0 spiro atoms. The smallest absolute Gasteiger partial charge is 0.421 e. The zero-order chi connectivity index (χ0) is 21.6. The molecule has 156 valence electrons. The quantitative estimate of drug-likeness (QED) is 0.566. The number of rotatable bonds is 7. The van der Waals surface area contributed by atoms with Gasteiger partial charge in [0.15, 0.2) is 0 Å². The average Bonchev–Trinajstić information content (AvgIpc) is 2.76. The number of hydrogen-bond donors (Lipinski definition) is 2. The second-order valence-corrected chi connectivity index (χ2v) is 6.15. The standard InChI is InChI=1S/C20H18F3N5O2/c1-30-17(29)12-25-18-15(20(21,22)23)11-27-19(28-18)26-10-13-5-7-14(8-6-13)16-4-2-3-9-24-16/h2-9,11H,10,12H2,1H3,(H2,25,26,27,28). The lowest BCUT2D eigenvalue weighted by atomic mass is 10.1. The zero-order valence-electron chi connectivity index (χ0n) is 15.9. The van der Waals surface area contributed by atoms with Crippen LogP contribution in [0.5, 0.6) is 0 Å². The van der Waals surface area contributed by atoms with E-state index in [2.05, 4.69) is 30.3 Å². The van der Waals surface area contributed by atoms with Crippen LogP contribution in [0.3, 0.4) is 0 Å². The third-order valence-electron chi connectivity index (χ3n) is 4.09. The van der Waals surface area contributed by atoms with E-state index in [1.807, 2.05) is 42.5 Å². The summed E-state index contributed by atoms with van der Waals surface area (Å²) in [6.45, 7) is -0.157. The molecule has 2 aromatic heterocycles. The Morgan fingerprint density at radius 1 is 1.07 bits per heavy atom. The Labute approximate surface area is 170 Å². The number of methoxy groups -OCH3 is 1. The van der Waals surface area contributed by atoms with Crippen molar-refractivity contribution >= 4 is 17.7 Å². The molecule has 0 atom stereocenters. The number of hydrogen-bond acceptors (Lipinski definition) is 7. The number of nitrogens with one attached hydrogen (secondary N) is 2. The van der Waals surface area contributed by atoms with Crippen molar-refractivity contribution in [2.24, 2.45) is 0 Å². The Kier molecular flexibility index (Phi) is 6.45. The molecule has 2 heterocycles. The lowest BCUT2D eigenvalue weighted by Crippen LogP contribution is -2.20. The van der Waals surface area contributed by atoms with Gasteiger partial charge < -0.3 is 15.4 Å². The number of nitrogens with zero attached hydrogens (tertiary/aromatic N) is 3. The maximum Gasteiger partial charge on any atom is 0.421 e. The molecular weight excluding hydrogens is 399 g/mol. The highest BCUT2D eigenvalue weighted by atomic mass is 19.4. The van der Waals surface area contributed by atoms with E-state index in [-0.39, 0.29) is 5.95 Å². The predicted molar refractivity (Wildman–Crippen MR) is 105 cm³/mol. The Morgan fingerprint density at radius 2 is 1.83 bits per heavy atom. The molecule has 0 unspecified atom stereocenters. The molecule has 0 fully saturated rings. The van der Waals surface area contributed by atoms with Crippen molar-refractivity contribution in [1.82, 2.24) is 15.0 Å². The van der Waals surface area contributed by atoms with Crippen molar-refractivity contribution < 1.29 is 22.7 Å². The van der Waals surface area contributed by atoms with Crippen molar-refractivity contribution in [2.75, 3.05) is 24.3 Å². The van der Waals surface area contributed by atoms with Gasteiger partial charge in [-0.2, -0.15) is 18.2 Å². The van der Waals surface area contributed by atoms with Gasteiger partial charge in [0.25, 0.3) is 0 Å². The number of ether oxygens (including phenoxy) is 1. The normalized spacial score (nSPS) is 11.1. The number of alkyl halides is 3. The van der Waals surface area contributed by atoms with Crippen molar-refractivity contribution in [3.8, 4) is 11.3 Å². The van der Waals surface area contributed by atoms with Crippen molar-refractivity contribution in [2.45, 2.75) is 12.7 Å². The Hall–Kier alpha value is -3.69. The first-order valence-corrected chi connectivity index (χ1v) is 8.86. The van der Waals surface area contributed by atoms with Crippen molar-refractivity contribution in [1.29, 1.82) is 0 Å². The van der Waals surface area contributed by atoms with Crippen LogP contribution in [0.15, 0.2) is 54.9 Å². The maximum atomic E-state index is 13.2. The minimum absolute atomic E-state index is 0.0100. The molecule has 2 N–H and O–H groups in total. The fourth-order valence-electron chi connectivity index (χ4n) is 2.55. The van der Waals surface area contributed by atoms with Crippen molar-refractivity contribution in [3.63, 3.8) is 0 Å². The van der Waals surface area contributed by atoms with E-state index in [1.165, 1.54) is 0 Å². The number of halogens is 3. The molecule has 30 heavy (non-hydrogen) atoms. The topological polar surface area (TPSA) is 89.0 Å². The van der Waals surface area contributed by atoms with E-state index in [4.69, 9.17) is 0 Å². The van der Waals surface area contributed by atoms with E-state index in [1.54, 1.807) is 6.20 Å². The van der Waals surface area contributed by atoms with Crippen LogP contribution < -0.4 is 10.6 Å². The summed E-state index contributed by atoms with van der Waals surface area (Å²) >= 11 is 0. The summed E-state index contributed by atoms with van der Waals surface area (Å²) in [4.78, 5) is 23.1. The van der Waals surface area contributed by atoms with E-state index >= 15 is 0 Å². The molecule has 0 saturated heterocycles. The highest BCUT2D eigenvalue weighted by Gasteiger charge is 2.35. The molecule has 0 aliphatic carbocycles. The molecule has 0 amide bonds. The van der Waals surface area contributed by atoms with Gasteiger partial charge in [-0.05, 0) is 17.7 Å². The fraction of sp³-hybridized carbons (Fsp3) is 0.200. The van der Waals surface area contributed by atoms with Gasteiger partial charge in [-0.3, -0.25) is 9.78 Å². The first-order valence-electron chi connectivity index (χ1n) is 8.86. The first kappa shape index (κ1) is 21.0. The molecule has 0 aliphatic rings. The summed E-state index contributed by atoms with van der Waals surface area (Å²) in [7, 11) is 1.14. The predicted octanol–water partition coefficient (Wildman–Crippen LogP) is 3.75. The van der Waals surface area contributed by atoms with E-state index < -0.39 is 30.1 Å². The second-order valence-electron chi connectivity index (χ2n) is 6.15. The SMILES string of the molecule is COC(=O)CNc1nc(NCc2ccc(-c3ccccn3)cc2)ncc1C(F)(F)F. The first-order chi connectivity index (χ1) is 14.4. The molecular formula is C20H18F3N5O2. The van der Waals surface area contributed by atoms with Crippen LogP contribution in [0, 0.1) is 0 Å². The molecule has 0 saturated carbocycles. The average molecular weight is 417 g/mol. The van der Waals surface area contributed by atoms with Gasteiger partial charge in [-0.25, -0.2) is 4.98 Å². The van der Waals surface area contributed by atoms with Gasteiger partial charge in [0.2, 0.25) is 5.95 Å². The minimum atomic E-state index is -4.67. The van der Waals surface area contributed by atoms with E-state index in [0.717, 1.165) is 23.9 Å².